The van der Waals surface area contributed by atoms with Crippen LogP contribution in [0.4, 0.5) is 32.8 Å². The van der Waals surface area contributed by atoms with E-state index in [2.05, 4.69) is 61.5 Å². The second kappa shape index (κ2) is 42.0. The Hall–Kier alpha value is -11.9. The van der Waals surface area contributed by atoms with Gasteiger partial charge in [0.1, 0.15) is 10.3 Å². The standard InChI is InChI=1S/C19H14Cl2N2O3S.C18H12Cl2N2O.C17H10Cl3N3O.C17H11ClFN3O.C17H13ClN2OS/c1-27(25,26)13-6-8-17(21)15(11-13)19(24)23-12-5-7-16(20)14(10-12)18-4-2-3-9-22-18;19-15-6-2-1-5-13(15)18(23)22-12-8-9-16(20)14(11-12)17-7-3-4-10-21-17;18-13-6-4-10(9-12(13)14-3-1-2-8-21-14)22-17(24)11-5-7-15(19)23-16(11)20;18-14-7-6-11(10-13(14)15-5-1-2-8-20-15)22-17(23)12-4-3-9-21-16(12)19;1-11-7-9-22-16(11)17(21)20-12-5-6-14(18)13(10-12)15-4-2-3-8-19-15/h2-11H,1H3,(H,23,24);1-11H,(H,22,23);1-9H,(H,22,24);1-10H,(H,22,23);2-10H,1H3,(H,20,21). The van der Waals surface area contributed by atoms with E-state index in [0.29, 0.717) is 97.2 Å². The Balaban J connectivity index is 0.000000146. The largest absolute Gasteiger partial charge is 0.322 e. The van der Waals surface area contributed by atoms with Gasteiger partial charge >= 0.3 is 0 Å². The highest BCUT2D eigenvalue weighted by molar-refractivity contribution is 7.90. The van der Waals surface area contributed by atoms with Crippen molar-refractivity contribution in [2.24, 2.45) is 0 Å². The fraction of sp³-hybridized carbons (Fsp3) is 0.0227. The Kier molecular flexibility index (Phi) is 31.0. The molecular weight excluding hydrogens is 1740 g/mol. The maximum Gasteiger partial charge on any atom is 0.265 e. The molecule has 596 valence electrons. The number of nitrogens with one attached hydrogen (secondary N) is 5. The first-order valence-electron chi connectivity index (χ1n) is 35.1. The van der Waals surface area contributed by atoms with Gasteiger partial charge in [-0.25, -0.2) is 18.4 Å². The summed E-state index contributed by atoms with van der Waals surface area (Å²) in [6, 6.07) is 72.1. The van der Waals surface area contributed by atoms with Gasteiger partial charge in [0.15, 0.2) is 9.84 Å². The second-order valence-corrected chi connectivity index (χ2v) is 31.5. The predicted octanol–water partition coefficient (Wildman–Crippen LogP) is 24.6. The number of amides is 5. The minimum Gasteiger partial charge on any atom is -0.322 e. The maximum atomic E-state index is 13.5. The number of sulfone groups is 1. The highest BCUT2D eigenvalue weighted by atomic mass is 35.5. The highest BCUT2D eigenvalue weighted by Gasteiger charge is 2.21. The molecule has 5 N–H and O–H groups in total. The summed E-state index contributed by atoms with van der Waals surface area (Å²) in [6.07, 6.45) is 10.7. The molecule has 0 saturated carbocycles. The van der Waals surface area contributed by atoms with Gasteiger partial charge in [-0.05, 0) is 230 Å². The number of hydrogen-bond donors (Lipinski definition) is 5. The number of nitrogens with zero attached hydrogens (tertiary/aromatic N) is 7. The van der Waals surface area contributed by atoms with Crippen molar-refractivity contribution in [3.63, 3.8) is 0 Å². The van der Waals surface area contributed by atoms with Crippen LogP contribution in [-0.4, -0.2) is 79.1 Å². The Morgan fingerprint density at radius 3 is 1.00 bits per heavy atom. The molecule has 7 aromatic carbocycles. The average molecular weight is 1800 g/mol. The minimum atomic E-state index is -3.46. The molecule has 0 saturated heterocycles. The van der Waals surface area contributed by atoms with Gasteiger partial charge < -0.3 is 26.6 Å². The van der Waals surface area contributed by atoms with Crippen molar-refractivity contribution in [3.05, 3.63) is 381 Å². The van der Waals surface area contributed by atoms with Gasteiger partial charge in [0.25, 0.3) is 29.5 Å². The lowest BCUT2D eigenvalue weighted by Crippen LogP contribution is -2.14. The molecule has 15 rings (SSSR count). The molecule has 0 bridgehead atoms. The van der Waals surface area contributed by atoms with Crippen LogP contribution >= 0.6 is 116 Å². The number of rotatable bonds is 16. The van der Waals surface area contributed by atoms with Gasteiger partial charge in [0, 0.05) is 99.7 Å². The van der Waals surface area contributed by atoms with Crippen molar-refractivity contribution in [2.45, 2.75) is 11.8 Å². The summed E-state index contributed by atoms with van der Waals surface area (Å²) in [6.45, 7) is 1.92. The zero-order valence-electron chi connectivity index (χ0n) is 61.9. The molecule has 31 heteroatoms. The summed E-state index contributed by atoms with van der Waals surface area (Å²) >= 11 is 56.4. The van der Waals surface area contributed by atoms with Crippen LogP contribution in [-0.2, 0) is 9.84 Å². The van der Waals surface area contributed by atoms with Crippen LogP contribution in [0.15, 0.2) is 302 Å². The predicted molar refractivity (Wildman–Crippen MR) is 477 cm³/mol. The van der Waals surface area contributed by atoms with Gasteiger partial charge in [-0.1, -0.05) is 147 Å². The molecule has 15 aromatic rings. The second-order valence-electron chi connectivity index (χ2n) is 25.0. The number of pyridine rings is 7. The van der Waals surface area contributed by atoms with Crippen LogP contribution in [0.25, 0.3) is 56.3 Å². The SMILES string of the molecule is CS(=O)(=O)c1ccc(Cl)c(C(=O)Nc2ccc(Cl)c(-c3ccccn3)c2)c1.Cc1ccsc1C(=O)Nc1ccc(Cl)c(-c2ccccn2)c1.O=C(Nc1ccc(Cl)c(-c2ccccn2)c1)c1ccc(Cl)nc1Cl.O=C(Nc1ccc(Cl)c(-c2ccccn2)c1)c1ccccc1Cl.O=C(Nc1ccc(Cl)c(-c2ccccn2)c1)c1cccnc1F. The highest BCUT2D eigenvalue weighted by Crippen LogP contribution is 2.36. The van der Waals surface area contributed by atoms with Crippen molar-refractivity contribution < 1.29 is 36.8 Å². The lowest BCUT2D eigenvalue weighted by Gasteiger charge is -2.11. The van der Waals surface area contributed by atoms with Gasteiger partial charge in [0.2, 0.25) is 5.95 Å². The van der Waals surface area contributed by atoms with Crippen molar-refractivity contribution in [1.29, 1.82) is 0 Å². The molecule has 119 heavy (non-hydrogen) atoms. The number of aromatic nitrogens is 7. The molecule has 19 nitrogen and oxygen atoms in total. The monoisotopic (exact) mass is 1790 g/mol. The number of thiophene rings is 1. The van der Waals surface area contributed by atoms with Crippen LogP contribution in [0.3, 0.4) is 0 Å². The zero-order valence-corrected chi connectivity index (χ0v) is 70.3. The van der Waals surface area contributed by atoms with E-state index < -0.39 is 33.5 Å². The van der Waals surface area contributed by atoms with E-state index in [1.165, 1.54) is 60.0 Å². The van der Waals surface area contributed by atoms with Crippen molar-refractivity contribution in [1.82, 2.24) is 34.9 Å². The molecule has 0 spiro atoms. The Morgan fingerprint density at radius 2 is 0.655 bits per heavy atom. The first kappa shape index (κ1) is 88.0. The summed E-state index contributed by atoms with van der Waals surface area (Å²) in [5.41, 5.74) is 11.6. The van der Waals surface area contributed by atoms with E-state index in [4.69, 9.17) is 104 Å². The fourth-order valence-electron chi connectivity index (χ4n) is 10.9. The Bertz CT molecular complexity index is 6160. The molecule has 8 aromatic heterocycles. The number of aryl methyl sites for hydroxylation is 1. The Morgan fingerprint density at radius 1 is 0.328 bits per heavy atom. The van der Waals surface area contributed by atoms with E-state index in [9.17, 15) is 36.8 Å². The molecule has 0 radical (unpaired) electrons. The van der Waals surface area contributed by atoms with E-state index in [-0.39, 0.29) is 48.7 Å². The molecule has 0 unspecified atom stereocenters. The summed E-state index contributed by atoms with van der Waals surface area (Å²) in [5, 5.41) is 19.3. The number of hydrogen-bond acceptors (Lipinski definition) is 15. The number of halogens is 10. The lowest BCUT2D eigenvalue weighted by atomic mass is 10.1. The van der Waals surface area contributed by atoms with Gasteiger partial charge in [-0.3, -0.25) is 48.9 Å². The van der Waals surface area contributed by atoms with E-state index in [1.807, 2.05) is 97.2 Å². The first-order chi connectivity index (χ1) is 57.2. The third-order valence-corrected chi connectivity index (χ3v) is 21.6. The van der Waals surface area contributed by atoms with Crippen LogP contribution in [0.2, 0.25) is 45.5 Å². The van der Waals surface area contributed by atoms with Crippen molar-refractivity contribution in [3.8, 4) is 56.3 Å². The van der Waals surface area contributed by atoms with E-state index in [1.54, 1.807) is 158 Å². The van der Waals surface area contributed by atoms with Crippen LogP contribution in [0.5, 0.6) is 0 Å². The first-order valence-corrected chi connectivity index (χ1v) is 41.2. The number of benzene rings is 7. The summed E-state index contributed by atoms with van der Waals surface area (Å²) in [5.74, 6) is -2.70. The summed E-state index contributed by atoms with van der Waals surface area (Å²) < 4.78 is 37.0. The summed E-state index contributed by atoms with van der Waals surface area (Å²) in [7, 11) is -3.46. The Labute approximate surface area is 731 Å². The van der Waals surface area contributed by atoms with Crippen molar-refractivity contribution in [2.75, 3.05) is 32.8 Å². The number of carbonyl (C=O) groups is 5. The molecular formula is C88H60Cl9FN12O7S2. The third-order valence-electron chi connectivity index (χ3n) is 16.7. The van der Waals surface area contributed by atoms with Crippen LogP contribution in [0.1, 0.15) is 56.7 Å². The van der Waals surface area contributed by atoms with Gasteiger partial charge in [-0.2, -0.15) is 4.39 Å². The van der Waals surface area contributed by atoms with Crippen LogP contribution < -0.4 is 26.6 Å². The topological polar surface area (TPSA) is 270 Å². The average Bonchev–Trinajstić information content (AvgIpc) is 1.37. The van der Waals surface area contributed by atoms with E-state index in [0.717, 1.165) is 39.9 Å². The van der Waals surface area contributed by atoms with Gasteiger partial charge in [0.05, 0.1) is 95.7 Å². The zero-order chi connectivity index (χ0) is 84.7. The molecule has 0 aliphatic carbocycles. The lowest BCUT2D eigenvalue weighted by molar-refractivity contribution is 0.101. The normalized spacial score (nSPS) is 10.6. The molecule has 8 heterocycles. The summed E-state index contributed by atoms with van der Waals surface area (Å²) in [4.78, 5) is 91.1. The molecule has 0 aliphatic rings. The molecule has 5 amide bonds. The quantitative estimate of drug-likeness (QED) is 0.0563. The fourth-order valence-corrected chi connectivity index (χ4v) is 14.3. The van der Waals surface area contributed by atoms with E-state index >= 15 is 0 Å². The maximum absolute atomic E-state index is 13.5. The van der Waals surface area contributed by atoms with Gasteiger partial charge in [-0.15, -0.1) is 11.3 Å². The minimum absolute atomic E-state index is 0.0160. The van der Waals surface area contributed by atoms with Crippen molar-refractivity contribution >= 4 is 184 Å². The third kappa shape index (κ3) is 24.4. The number of carbonyl (C=O) groups excluding carboxylic acids is 5. The molecule has 0 aliphatic heterocycles. The smallest absolute Gasteiger partial charge is 0.265 e. The molecule has 0 fully saturated rings. The molecule has 0 atom stereocenters. The van der Waals surface area contributed by atoms with Crippen LogP contribution in [0, 0.1) is 12.9 Å². The number of anilines is 5.